The molecule has 6 radical (unpaired) electrons. The molecule has 6 amide bonds. The number of amides is 6. The fourth-order valence-corrected chi connectivity index (χ4v) is 3.06. The van der Waals surface area contributed by atoms with Gasteiger partial charge in [0.25, 0.3) is 0 Å². The zero-order chi connectivity index (χ0) is 28.4. The predicted octanol–water partition coefficient (Wildman–Crippen LogP) is -4.05. The van der Waals surface area contributed by atoms with Gasteiger partial charge in [0.15, 0.2) is 0 Å². The molecule has 0 spiro atoms. The number of rotatable bonds is 19. The Hall–Kier alpha value is -3.03. The van der Waals surface area contributed by atoms with Crippen molar-refractivity contribution in [3.63, 3.8) is 0 Å². The molecule has 0 unspecified atom stereocenters. The number of nitrogens with two attached hydrogens (primary N) is 1. The molecule has 0 aromatic carbocycles. The third-order valence-corrected chi connectivity index (χ3v) is 4.94. The van der Waals surface area contributed by atoms with Crippen LogP contribution in [0.1, 0.15) is 13.8 Å². The van der Waals surface area contributed by atoms with Gasteiger partial charge in [-0.15, -0.1) is 0 Å². The number of carbonyl (C=O) groups excluding carboxylic acids is 6. The Kier molecular flexibility index (Phi) is 17.6. The van der Waals surface area contributed by atoms with Gasteiger partial charge in [-0.2, -0.15) is 0 Å². The Morgan fingerprint density at radius 3 is 1.32 bits per heavy atom. The molecule has 0 heterocycles. The van der Waals surface area contributed by atoms with Crippen LogP contribution in [-0.4, -0.2) is 139 Å². The van der Waals surface area contributed by atoms with Crippen LogP contribution in [0.15, 0.2) is 0 Å². The minimum atomic E-state index is -0.724. The first-order chi connectivity index (χ1) is 17.4. The lowest BCUT2D eigenvalue weighted by molar-refractivity contribution is -0.135. The number of carbonyl (C=O) groups is 6. The summed E-state index contributed by atoms with van der Waals surface area (Å²) in [7, 11) is 16.2. The Bertz CT molecular complexity index is 788. The first kappa shape index (κ1) is 34.0. The molecule has 0 rings (SSSR count). The average molecular weight is 515 g/mol. The molecule has 0 aromatic rings. The van der Waals surface area contributed by atoms with Crippen LogP contribution in [0.5, 0.6) is 0 Å². The molecule has 0 fully saturated rings. The zero-order valence-electron chi connectivity index (χ0n) is 21.7. The predicted molar refractivity (Wildman–Crippen MR) is 140 cm³/mol. The van der Waals surface area contributed by atoms with E-state index in [1.54, 1.807) is 0 Å². The molecule has 200 valence electrons. The van der Waals surface area contributed by atoms with E-state index in [0.717, 1.165) is 9.80 Å². The number of primary amides is 1. The summed E-state index contributed by atoms with van der Waals surface area (Å²) in [6.07, 6.45) is -0.900. The lowest BCUT2D eigenvalue weighted by Gasteiger charge is -2.25. The van der Waals surface area contributed by atoms with E-state index in [2.05, 4.69) is 16.0 Å². The van der Waals surface area contributed by atoms with Crippen molar-refractivity contribution in [2.24, 2.45) is 5.73 Å². The maximum Gasteiger partial charge on any atom is 0.239 e. The molecule has 16 heteroatoms. The molecule has 0 saturated heterocycles. The van der Waals surface area contributed by atoms with E-state index in [4.69, 9.17) is 29.3 Å². The Labute approximate surface area is 222 Å². The van der Waals surface area contributed by atoms with Crippen molar-refractivity contribution in [3.05, 3.63) is 0 Å². The SMILES string of the molecule is [B]CC(=O)N(CCNC(=O)CN(CCNC(=O)CN(CCNC(C)C)C(=O)C[B])C(=O)C[B])CC(N)=O. The first-order valence-electron chi connectivity index (χ1n) is 11.9. The fourth-order valence-electron chi connectivity index (χ4n) is 3.06. The monoisotopic (exact) mass is 515 g/mol. The van der Waals surface area contributed by atoms with Gasteiger partial charge in [-0.05, 0) is 19.0 Å². The third kappa shape index (κ3) is 15.6. The van der Waals surface area contributed by atoms with Crippen molar-refractivity contribution >= 4 is 59.0 Å². The highest BCUT2D eigenvalue weighted by Crippen LogP contribution is 1.96. The molecule has 0 atom stereocenters. The molecule has 5 N–H and O–H groups in total. The summed E-state index contributed by atoms with van der Waals surface area (Å²) in [4.78, 5) is 75.2. The van der Waals surface area contributed by atoms with Crippen LogP contribution >= 0.6 is 0 Å². The zero-order valence-corrected chi connectivity index (χ0v) is 21.7. The maximum atomic E-state index is 12.3. The summed E-state index contributed by atoms with van der Waals surface area (Å²) in [6.45, 7) is 3.82. The van der Waals surface area contributed by atoms with E-state index in [1.807, 2.05) is 13.8 Å². The van der Waals surface area contributed by atoms with Crippen LogP contribution in [0.25, 0.3) is 0 Å². The van der Waals surface area contributed by atoms with E-state index in [0.29, 0.717) is 13.1 Å². The van der Waals surface area contributed by atoms with E-state index in [-0.39, 0.29) is 76.7 Å². The molecule has 0 aliphatic carbocycles. The Morgan fingerprint density at radius 2 is 1.00 bits per heavy atom. The number of nitrogens with zero attached hydrogens (tertiary/aromatic N) is 3. The molecular formula is C21H36B3N7O6. The smallest absolute Gasteiger partial charge is 0.239 e. The Balaban J connectivity index is 4.73. The van der Waals surface area contributed by atoms with Crippen molar-refractivity contribution < 1.29 is 28.8 Å². The molecule has 0 bridgehead atoms. The summed E-state index contributed by atoms with van der Waals surface area (Å²) in [6, 6.07) is 0.217. The van der Waals surface area contributed by atoms with Crippen molar-refractivity contribution in [2.75, 3.05) is 58.9 Å². The van der Waals surface area contributed by atoms with E-state index < -0.39 is 29.5 Å². The third-order valence-electron chi connectivity index (χ3n) is 4.94. The van der Waals surface area contributed by atoms with Crippen LogP contribution in [0.3, 0.4) is 0 Å². The highest BCUT2D eigenvalue weighted by atomic mass is 16.2. The number of hydrogen-bond donors (Lipinski definition) is 4. The standard InChI is InChI=1S/C21H36B3N7O6/c1-15(2)26-3-6-30(20(36)10-23)13-17(33)28-5-8-31(21(37)11-24)14-18(34)27-4-7-29(12-16(25)32)19(35)9-22/h15,26H,3-14H2,1-2H3,(H2,25,32)(H,27,34)(H,28,33). The van der Waals surface area contributed by atoms with Gasteiger partial charge in [0.1, 0.15) is 0 Å². The summed E-state index contributed by atoms with van der Waals surface area (Å²) in [5.41, 5.74) is 5.11. The van der Waals surface area contributed by atoms with E-state index in [9.17, 15) is 28.8 Å². The van der Waals surface area contributed by atoms with Crippen LogP contribution in [0, 0.1) is 0 Å². The molecular weight excluding hydrogens is 479 g/mol. The second-order valence-corrected chi connectivity index (χ2v) is 8.33. The highest BCUT2D eigenvalue weighted by Gasteiger charge is 2.19. The summed E-state index contributed by atoms with van der Waals surface area (Å²) in [5, 5.41) is 8.30. The summed E-state index contributed by atoms with van der Waals surface area (Å²) >= 11 is 0. The van der Waals surface area contributed by atoms with Gasteiger partial charge in [0.2, 0.25) is 35.4 Å². The number of nitrogens with one attached hydrogen (secondary N) is 3. The molecule has 0 saturated carbocycles. The van der Waals surface area contributed by atoms with Crippen molar-refractivity contribution in [3.8, 4) is 0 Å². The minimum Gasteiger partial charge on any atom is -0.368 e. The fraction of sp³-hybridized carbons (Fsp3) is 0.714. The molecule has 37 heavy (non-hydrogen) atoms. The van der Waals surface area contributed by atoms with Crippen LogP contribution in [-0.2, 0) is 28.8 Å². The topological polar surface area (TPSA) is 174 Å². The largest absolute Gasteiger partial charge is 0.368 e. The lowest BCUT2D eigenvalue weighted by Crippen LogP contribution is -2.48. The van der Waals surface area contributed by atoms with E-state index >= 15 is 0 Å². The molecule has 0 aromatic heterocycles. The van der Waals surface area contributed by atoms with E-state index in [1.165, 1.54) is 4.90 Å². The lowest BCUT2D eigenvalue weighted by atomic mass is 10.0. The Morgan fingerprint density at radius 1 is 0.649 bits per heavy atom. The van der Waals surface area contributed by atoms with Gasteiger partial charge in [-0.25, -0.2) is 0 Å². The highest BCUT2D eigenvalue weighted by molar-refractivity contribution is 6.20. The first-order valence-corrected chi connectivity index (χ1v) is 11.9. The van der Waals surface area contributed by atoms with Crippen LogP contribution in [0.4, 0.5) is 0 Å². The molecule has 13 nitrogen and oxygen atoms in total. The van der Waals surface area contributed by atoms with Gasteiger partial charge in [-0.3, -0.25) is 28.8 Å². The van der Waals surface area contributed by atoms with Crippen LogP contribution < -0.4 is 21.7 Å². The quantitative estimate of drug-likeness (QED) is 0.127. The van der Waals surface area contributed by atoms with Crippen molar-refractivity contribution in [2.45, 2.75) is 38.8 Å². The normalized spacial score (nSPS) is 10.5. The minimum absolute atomic E-state index is 0.00366. The van der Waals surface area contributed by atoms with Crippen LogP contribution in [0.2, 0.25) is 19.0 Å². The second kappa shape index (κ2) is 19.1. The molecule has 0 aliphatic rings. The van der Waals surface area contributed by atoms with Gasteiger partial charge in [0.05, 0.1) is 43.2 Å². The summed E-state index contributed by atoms with van der Waals surface area (Å²) in [5.74, 6) is -3.11. The van der Waals surface area contributed by atoms with Gasteiger partial charge in [0, 0.05) is 45.3 Å². The van der Waals surface area contributed by atoms with Gasteiger partial charge >= 0.3 is 0 Å². The maximum absolute atomic E-state index is 12.3. The number of hydrogen-bond acceptors (Lipinski definition) is 7. The summed E-state index contributed by atoms with van der Waals surface area (Å²) < 4.78 is 0. The molecule has 0 aliphatic heterocycles. The van der Waals surface area contributed by atoms with Crippen molar-refractivity contribution in [1.82, 2.24) is 30.7 Å². The van der Waals surface area contributed by atoms with Gasteiger partial charge < -0.3 is 36.4 Å². The second-order valence-electron chi connectivity index (χ2n) is 8.33. The average Bonchev–Trinajstić information content (AvgIpc) is 2.84. The van der Waals surface area contributed by atoms with Gasteiger partial charge in [-0.1, -0.05) is 13.8 Å². The van der Waals surface area contributed by atoms with Crippen molar-refractivity contribution in [1.29, 1.82) is 0 Å².